The number of nitrogens with zero attached hydrogens (tertiary/aromatic N) is 3. The van der Waals surface area contributed by atoms with E-state index in [0.29, 0.717) is 16.6 Å². The van der Waals surface area contributed by atoms with Crippen LogP contribution >= 0.6 is 11.8 Å². The van der Waals surface area contributed by atoms with Crippen LogP contribution in [0.2, 0.25) is 0 Å². The smallest absolute Gasteiger partial charge is 0.275 e. The molecule has 0 bridgehead atoms. The molecule has 0 radical (unpaired) electrons. The molecule has 6 nitrogen and oxygen atoms in total. The zero-order chi connectivity index (χ0) is 17.2. The van der Waals surface area contributed by atoms with Crippen LogP contribution in [0.15, 0.2) is 58.7 Å². The topological polar surface area (TPSA) is 83.0 Å². The van der Waals surface area contributed by atoms with E-state index < -0.39 is 0 Å². The lowest BCUT2D eigenvalue weighted by Crippen LogP contribution is -2.14. The van der Waals surface area contributed by atoms with Crippen molar-refractivity contribution in [2.45, 2.75) is 10.9 Å². The normalized spacial score (nSPS) is 14.6. The van der Waals surface area contributed by atoms with Gasteiger partial charge in [-0.05, 0) is 23.8 Å². The van der Waals surface area contributed by atoms with Crippen LogP contribution in [0.5, 0.6) is 0 Å². The zero-order valence-electron chi connectivity index (χ0n) is 12.9. The van der Waals surface area contributed by atoms with Gasteiger partial charge in [0.05, 0.1) is 5.69 Å². The van der Waals surface area contributed by atoms with Gasteiger partial charge in [-0.1, -0.05) is 42.1 Å². The molecule has 1 amide bonds. The second-order valence-electron chi connectivity index (χ2n) is 5.32. The Hall–Kier alpha value is -3.00. The van der Waals surface area contributed by atoms with Gasteiger partial charge in [-0.3, -0.25) is 4.79 Å². The standard InChI is InChI=1S/C17H12FN5OS/c18-11-7-5-10(6-8-11)9-25-17-21-16(22-23-17)20-14-12-3-1-2-4-13(12)19-15(14)24/h1-8H,9H2,(H2,19,20,21,22,23,24). The number of fused-ring (bicyclic) bond motifs is 1. The molecule has 124 valence electrons. The summed E-state index contributed by atoms with van der Waals surface area (Å²) in [6, 6.07) is 13.6. The number of aromatic nitrogens is 3. The summed E-state index contributed by atoms with van der Waals surface area (Å²) in [5, 5.41) is 10.1. The van der Waals surface area contributed by atoms with Gasteiger partial charge in [0.1, 0.15) is 11.5 Å². The van der Waals surface area contributed by atoms with Crippen molar-refractivity contribution < 1.29 is 9.18 Å². The number of anilines is 1. The number of aliphatic imine (C=N–C) groups is 1. The second-order valence-corrected chi connectivity index (χ2v) is 6.26. The van der Waals surface area contributed by atoms with Crippen LogP contribution in [0, 0.1) is 5.82 Å². The van der Waals surface area contributed by atoms with Gasteiger partial charge >= 0.3 is 0 Å². The van der Waals surface area contributed by atoms with Gasteiger partial charge in [0, 0.05) is 11.3 Å². The number of carbonyl (C=O) groups is 1. The zero-order valence-corrected chi connectivity index (χ0v) is 13.7. The Labute approximate surface area is 146 Å². The minimum atomic E-state index is -0.266. The molecule has 2 aromatic carbocycles. The summed E-state index contributed by atoms with van der Waals surface area (Å²) in [4.78, 5) is 20.6. The molecule has 0 atom stereocenters. The quantitative estimate of drug-likeness (QED) is 0.705. The average molecular weight is 353 g/mol. The summed E-state index contributed by atoms with van der Waals surface area (Å²) < 4.78 is 12.9. The van der Waals surface area contributed by atoms with Gasteiger partial charge in [0.25, 0.3) is 5.91 Å². The predicted octanol–water partition coefficient (Wildman–Crippen LogP) is 3.31. The third-order valence-corrected chi connectivity index (χ3v) is 4.52. The van der Waals surface area contributed by atoms with Gasteiger partial charge in [0.2, 0.25) is 11.1 Å². The molecule has 25 heavy (non-hydrogen) atoms. The number of hydrogen-bond donors (Lipinski definition) is 2. The first-order chi connectivity index (χ1) is 12.2. The predicted molar refractivity (Wildman–Crippen MR) is 93.6 cm³/mol. The molecule has 0 spiro atoms. The summed E-state index contributed by atoms with van der Waals surface area (Å²) in [7, 11) is 0. The Balaban J connectivity index is 1.50. The largest absolute Gasteiger partial charge is 0.320 e. The van der Waals surface area contributed by atoms with Gasteiger partial charge in [0.15, 0.2) is 0 Å². The van der Waals surface area contributed by atoms with Crippen molar-refractivity contribution in [1.29, 1.82) is 0 Å². The minimum Gasteiger partial charge on any atom is -0.320 e. The number of para-hydroxylation sites is 1. The number of amides is 1. The first-order valence-electron chi connectivity index (χ1n) is 7.48. The molecule has 0 saturated heterocycles. The number of thioether (sulfide) groups is 1. The maximum atomic E-state index is 12.9. The van der Waals surface area contributed by atoms with E-state index in [1.807, 2.05) is 24.3 Å². The summed E-state index contributed by atoms with van der Waals surface area (Å²) in [5.41, 5.74) is 2.75. The summed E-state index contributed by atoms with van der Waals surface area (Å²) in [5.74, 6) is 0.346. The van der Waals surface area contributed by atoms with E-state index in [-0.39, 0.29) is 17.7 Å². The third kappa shape index (κ3) is 3.29. The van der Waals surface area contributed by atoms with E-state index in [4.69, 9.17) is 0 Å². The van der Waals surface area contributed by atoms with Crippen molar-refractivity contribution in [3.8, 4) is 0 Å². The van der Waals surface area contributed by atoms with E-state index in [0.717, 1.165) is 16.8 Å². The fourth-order valence-electron chi connectivity index (χ4n) is 2.40. The number of H-pyrrole nitrogens is 1. The molecule has 1 aliphatic heterocycles. The molecular formula is C17H12FN5OS. The Morgan fingerprint density at radius 3 is 2.76 bits per heavy atom. The Bertz CT molecular complexity index is 967. The molecule has 1 aromatic heterocycles. The Morgan fingerprint density at radius 2 is 1.92 bits per heavy atom. The van der Waals surface area contributed by atoms with Crippen LogP contribution < -0.4 is 5.32 Å². The maximum absolute atomic E-state index is 12.9. The molecule has 0 unspecified atom stereocenters. The Kier molecular flexibility index (Phi) is 4.02. The van der Waals surface area contributed by atoms with Gasteiger partial charge in [-0.2, -0.15) is 4.98 Å². The number of halogens is 1. The molecular weight excluding hydrogens is 341 g/mol. The highest BCUT2D eigenvalue weighted by molar-refractivity contribution is 7.98. The SMILES string of the molecule is O=C1Nc2ccccc2/C1=N/c1nc(SCc2ccc(F)cc2)n[nH]1. The molecule has 0 saturated carbocycles. The molecule has 2 heterocycles. The van der Waals surface area contributed by atoms with Crippen molar-refractivity contribution in [2.24, 2.45) is 4.99 Å². The average Bonchev–Trinajstić information content (AvgIpc) is 3.19. The molecule has 0 fully saturated rings. The van der Waals surface area contributed by atoms with Gasteiger partial charge in [-0.15, -0.1) is 5.10 Å². The Morgan fingerprint density at radius 1 is 1.12 bits per heavy atom. The molecule has 4 rings (SSSR count). The van der Waals surface area contributed by atoms with E-state index >= 15 is 0 Å². The second kappa shape index (κ2) is 6.48. The van der Waals surface area contributed by atoms with Crippen LogP contribution in [-0.4, -0.2) is 26.8 Å². The number of rotatable bonds is 4. The number of carbonyl (C=O) groups excluding carboxylic acids is 1. The van der Waals surface area contributed by atoms with Crippen LogP contribution in [0.25, 0.3) is 0 Å². The maximum Gasteiger partial charge on any atom is 0.275 e. The first-order valence-corrected chi connectivity index (χ1v) is 8.47. The molecule has 2 N–H and O–H groups in total. The number of aromatic amines is 1. The lowest BCUT2D eigenvalue weighted by atomic mass is 10.1. The van der Waals surface area contributed by atoms with Crippen molar-refractivity contribution in [2.75, 3.05) is 5.32 Å². The van der Waals surface area contributed by atoms with Crippen molar-refractivity contribution in [1.82, 2.24) is 15.2 Å². The van der Waals surface area contributed by atoms with Gasteiger partial charge < -0.3 is 5.32 Å². The number of benzene rings is 2. The van der Waals surface area contributed by atoms with Crippen molar-refractivity contribution in [3.63, 3.8) is 0 Å². The highest BCUT2D eigenvalue weighted by Gasteiger charge is 2.25. The lowest BCUT2D eigenvalue weighted by Gasteiger charge is -1.97. The van der Waals surface area contributed by atoms with Crippen molar-refractivity contribution in [3.05, 3.63) is 65.5 Å². The van der Waals surface area contributed by atoms with Crippen LogP contribution in [0.3, 0.4) is 0 Å². The fraction of sp³-hybridized carbons (Fsp3) is 0.0588. The van der Waals surface area contributed by atoms with E-state index in [1.165, 1.54) is 23.9 Å². The highest BCUT2D eigenvalue weighted by atomic mass is 32.2. The van der Waals surface area contributed by atoms with Gasteiger partial charge in [-0.25, -0.2) is 14.5 Å². The molecule has 1 aliphatic rings. The summed E-state index contributed by atoms with van der Waals surface area (Å²) in [6.45, 7) is 0. The van der Waals surface area contributed by atoms with Crippen molar-refractivity contribution >= 4 is 35.0 Å². The highest BCUT2D eigenvalue weighted by Crippen LogP contribution is 2.25. The van der Waals surface area contributed by atoms with E-state index in [9.17, 15) is 9.18 Å². The van der Waals surface area contributed by atoms with E-state index in [2.05, 4.69) is 25.5 Å². The fourth-order valence-corrected chi connectivity index (χ4v) is 3.15. The third-order valence-electron chi connectivity index (χ3n) is 3.60. The summed E-state index contributed by atoms with van der Waals surface area (Å²) in [6.07, 6.45) is 0. The lowest BCUT2D eigenvalue weighted by molar-refractivity contribution is -0.110. The minimum absolute atomic E-state index is 0.264. The molecule has 3 aromatic rings. The number of nitrogens with one attached hydrogen (secondary N) is 2. The first kappa shape index (κ1) is 15.5. The molecule has 8 heteroatoms. The van der Waals surface area contributed by atoms with Crippen LogP contribution in [0.4, 0.5) is 16.0 Å². The van der Waals surface area contributed by atoms with Crippen LogP contribution in [0.1, 0.15) is 11.1 Å². The molecule has 0 aliphatic carbocycles. The summed E-state index contributed by atoms with van der Waals surface area (Å²) >= 11 is 1.40. The van der Waals surface area contributed by atoms with E-state index in [1.54, 1.807) is 12.1 Å². The number of hydrogen-bond acceptors (Lipinski definition) is 5. The van der Waals surface area contributed by atoms with Crippen LogP contribution in [-0.2, 0) is 10.5 Å². The monoisotopic (exact) mass is 353 g/mol.